The van der Waals surface area contributed by atoms with Gasteiger partial charge in [-0.05, 0) is 31.1 Å². The summed E-state index contributed by atoms with van der Waals surface area (Å²) in [5.74, 6) is 1.59. The molecule has 66 valence electrons. The normalized spacial score (nSPS) is 37.1. The molecule has 0 heterocycles. The molecule has 11 heavy (non-hydrogen) atoms. The average molecular weight is 156 g/mol. The van der Waals surface area contributed by atoms with E-state index in [2.05, 4.69) is 13.8 Å². The third-order valence-electron chi connectivity index (χ3n) is 2.56. The van der Waals surface area contributed by atoms with Gasteiger partial charge in [0.15, 0.2) is 0 Å². The largest absolute Gasteiger partial charge is 0.313 e. The Kier molecular flexibility index (Phi) is 2.55. The van der Waals surface area contributed by atoms with Crippen molar-refractivity contribution in [2.24, 2.45) is 23.3 Å². The Labute approximate surface area is 69.3 Å². The van der Waals surface area contributed by atoms with Crippen LogP contribution >= 0.6 is 0 Å². The Morgan fingerprint density at radius 2 is 1.91 bits per heavy atom. The molecule has 0 amide bonds. The molecule has 2 atom stereocenters. The third kappa shape index (κ3) is 1.94. The summed E-state index contributed by atoms with van der Waals surface area (Å²) in [6, 6.07) is 0. The first-order valence-corrected chi connectivity index (χ1v) is 4.69. The van der Waals surface area contributed by atoms with Gasteiger partial charge in [-0.15, -0.1) is 0 Å². The highest BCUT2D eigenvalue weighted by atomic mass is 15.0. The van der Waals surface area contributed by atoms with Gasteiger partial charge >= 0.3 is 0 Å². The highest BCUT2D eigenvalue weighted by Crippen LogP contribution is 2.54. The lowest BCUT2D eigenvalue weighted by Crippen LogP contribution is -2.49. The van der Waals surface area contributed by atoms with Crippen molar-refractivity contribution in [3.05, 3.63) is 0 Å². The third-order valence-corrected chi connectivity index (χ3v) is 2.56. The van der Waals surface area contributed by atoms with E-state index in [9.17, 15) is 0 Å². The summed E-state index contributed by atoms with van der Waals surface area (Å²) in [4.78, 5) is 0. The number of hydrogen-bond donors (Lipinski definition) is 2. The number of hydrogen-bond acceptors (Lipinski definition) is 2. The van der Waals surface area contributed by atoms with Crippen molar-refractivity contribution < 1.29 is 0 Å². The van der Waals surface area contributed by atoms with Crippen molar-refractivity contribution in [2.45, 2.75) is 45.2 Å². The van der Waals surface area contributed by atoms with E-state index >= 15 is 0 Å². The second-order valence-electron chi connectivity index (χ2n) is 3.96. The van der Waals surface area contributed by atoms with Gasteiger partial charge in [0, 0.05) is 0 Å². The fraction of sp³-hybridized carbons (Fsp3) is 1.00. The van der Waals surface area contributed by atoms with Crippen LogP contribution in [0.2, 0.25) is 0 Å². The molecule has 0 aromatic carbocycles. The van der Waals surface area contributed by atoms with Crippen molar-refractivity contribution in [3.63, 3.8) is 0 Å². The summed E-state index contributed by atoms with van der Waals surface area (Å²) in [6.45, 7) is 4.25. The Bertz CT molecular complexity index is 132. The Hall–Kier alpha value is -0.0800. The van der Waals surface area contributed by atoms with E-state index < -0.39 is 0 Å². The SMILES string of the molecule is CCC.NC1(N)CCC2CC21. The zero-order chi connectivity index (χ0) is 8.48. The van der Waals surface area contributed by atoms with E-state index in [4.69, 9.17) is 11.5 Å². The summed E-state index contributed by atoms with van der Waals surface area (Å²) in [6.07, 6.45) is 4.87. The van der Waals surface area contributed by atoms with Gasteiger partial charge in [0.1, 0.15) is 0 Å². The molecular weight excluding hydrogens is 136 g/mol. The van der Waals surface area contributed by atoms with Gasteiger partial charge in [-0.1, -0.05) is 20.3 Å². The van der Waals surface area contributed by atoms with Crippen molar-refractivity contribution in [1.29, 1.82) is 0 Å². The van der Waals surface area contributed by atoms with Crippen molar-refractivity contribution in [2.75, 3.05) is 0 Å². The van der Waals surface area contributed by atoms with Gasteiger partial charge in [-0.3, -0.25) is 0 Å². The van der Waals surface area contributed by atoms with Crippen molar-refractivity contribution in [3.8, 4) is 0 Å². The molecule has 2 rings (SSSR count). The fourth-order valence-electron chi connectivity index (χ4n) is 1.85. The van der Waals surface area contributed by atoms with Crippen LogP contribution in [0.3, 0.4) is 0 Å². The predicted octanol–water partition coefficient (Wildman–Crippen LogP) is 1.45. The first-order chi connectivity index (χ1) is 5.11. The van der Waals surface area contributed by atoms with E-state index in [1.807, 2.05) is 0 Å². The fourth-order valence-corrected chi connectivity index (χ4v) is 1.85. The molecule has 0 saturated heterocycles. The van der Waals surface area contributed by atoms with Gasteiger partial charge in [0.25, 0.3) is 0 Å². The second-order valence-corrected chi connectivity index (χ2v) is 3.96. The maximum absolute atomic E-state index is 5.74. The average Bonchev–Trinajstić information content (AvgIpc) is 2.59. The number of nitrogens with two attached hydrogens (primary N) is 2. The standard InChI is InChI=1S/C6H12N2.C3H8/c7-6(8)2-1-4-3-5(4)6;1-3-2/h4-5H,1-3,7-8H2;3H2,1-2H3. The molecule has 2 fully saturated rings. The number of fused-ring (bicyclic) bond motifs is 1. The van der Waals surface area contributed by atoms with Crippen LogP contribution in [0, 0.1) is 11.8 Å². The van der Waals surface area contributed by atoms with Crippen LogP contribution in [0.15, 0.2) is 0 Å². The molecule has 2 aliphatic carbocycles. The minimum Gasteiger partial charge on any atom is -0.313 e. The minimum atomic E-state index is -0.273. The van der Waals surface area contributed by atoms with Crippen LogP contribution in [0.5, 0.6) is 0 Å². The molecule has 0 spiro atoms. The van der Waals surface area contributed by atoms with Crippen molar-refractivity contribution >= 4 is 0 Å². The molecule has 0 bridgehead atoms. The topological polar surface area (TPSA) is 52.0 Å². The van der Waals surface area contributed by atoms with Crippen LogP contribution in [0.4, 0.5) is 0 Å². The lowest BCUT2D eigenvalue weighted by atomic mass is 10.1. The van der Waals surface area contributed by atoms with E-state index in [1.165, 1.54) is 19.3 Å². The molecule has 4 N–H and O–H groups in total. The second kappa shape index (κ2) is 3.11. The predicted molar refractivity (Wildman–Crippen MR) is 47.9 cm³/mol. The number of rotatable bonds is 0. The molecule has 2 nitrogen and oxygen atoms in total. The summed E-state index contributed by atoms with van der Waals surface area (Å²) >= 11 is 0. The van der Waals surface area contributed by atoms with Crippen molar-refractivity contribution in [1.82, 2.24) is 0 Å². The summed E-state index contributed by atoms with van der Waals surface area (Å²) in [5, 5.41) is 0. The molecule has 0 aromatic rings. The molecular formula is C9H20N2. The minimum absolute atomic E-state index is 0.273. The molecule has 2 unspecified atom stereocenters. The molecule has 0 radical (unpaired) electrons. The van der Waals surface area contributed by atoms with E-state index in [0.717, 1.165) is 12.3 Å². The molecule has 0 aromatic heterocycles. The smallest absolute Gasteiger partial charge is 0.0668 e. The van der Waals surface area contributed by atoms with Gasteiger partial charge in [-0.25, -0.2) is 0 Å². The molecule has 2 heteroatoms. The van der Waals surface area contributed by atoms with E-state index in [1.54, 1.807) is 0 Å². The van der Waals surface area contributed by atoms with Crippen LogP contribution in [-0.2, 0) is 0 Å². The van der Waals surface area contributed by atoms with E-state index in [0.29, 0.717) is 5.92 Å². The zero-order valence-electron chi connectivity index (χ0n) is 7.64. The van der Waals surface area contributed by atoms with Crippen LogP contribution < -0.4 is 11.5 Å². The highest BCUT2D eigenvalue weighted by Gasteiger charge is 2.53. The Morgan fingerprint density at radius 3 is 2.00 bits per heavy atom. The molecule has 2 aliphatic rings. The van der Waals surface area contributed by atoms with Gasteiger partial charge < -0.3 is 11.5 Å². The lowest BCUT2D eigenvalue weighted by Gasteiger charge is -2.18. The van der Waals surface area contributed by atoms with Gasteiger partial charge in [-0.2, -0.15) is 0 Å². The zero-order valence-corrected chi connectivity index (χ0v) is 7.64. The summed E-state index contributed by atoms with van der Waals surface area (Å²) in [7, 11) is 0. The Balaban J connectivity index is 0.000000179. The molecule has 0 aliphatic heterocycles. The first-order valence-electron chi connectivity index (χ1n) is 4.69. The van der Waals surface area contributed by atoms with Crippen LogP contribution in [-0.4, -0.2) is 5.66 Å². The molecule has 2 saturated carbocycles. The van der Waals surface area contributed by atoms with Crippen LogP contribution in [0.25, 0.3) is 0 Å². The van der Waals surface area contributed by atoms with Gasteiger partial charge in [0.2, 0.25) is 0 Å². The Morgan fingerprint density at radius 1 is 1.36 bits per heavy atom. The lowest BCUT2D eigenvalue weighted by molar-refractivity contribution is 0.400. The van der Waals surface area contributed by atoms with Crippen LogP contribution in [0.1, 0.15) is 39.5 Å². The van der Waals surface area contributed by atoms with E-state index in [-0.39, 0.29) is 5.66 Å². The maximum Gasteiger partial charge on any atom is 0.0668 e. The first kappa shape index (κ1) is 9.01. The summed E-state index contributed by atoms with van der Waals surface area (Å²) < 4.78 is 0. The summed E-state index contributed by atoms with van der Waals surface area (Å²) in [5.41, 5.74) is 11.2. The van der Waals surface area contributed by atoms with Gasteiger partial charge in [0.05, 0.1) is 5.66 Å². The maximum atomic E-state index is 5.74. The highest BCUT2D eigenvalue weighted by molar-refractivity contribution is 5.06. The quantitative estimate of drug-likeness (QED) is 0.521. The monoisotopic (exact) mass is 156 g/mol.